The maximum atomic E-state index is 5.24. The number of rotatable bonds is 7. The van der Waals surface area contributed by atoms with Crippen molar-refractivity contribution < 1.29 is 0 Å². The summed E-state index contributed by atoms with van der Waals surface area (Å²) in [5.74, 6) is 0.941. The zero-order valence-corrected chi connectivity index (χ0v) is 14.8. The molecule has 24 heavy (non-hydrogen) atoms. The second-order valence-corrected chi connectivity index (χ2v) is 6.39. The van der Waals surface area contributed by atoms with E-state index in [1.54, 1.807) is 5.37 Å². The molecule has 0 spiro atoms. The van der Waals surface area contributed by atoms with Gasteiger partial charge in [-0.3, -0.25) is 0 Å². The maximum absolute atomic E-state index is 5.24. The highest BCUT2D eigenvalue weighted by Gasteiger charge is 2.51. The Hall–Kier alpha value is -2.13. The lowest BCUT2D eigenvalue weighted by molar-refractivity contribution is 0.652. The van der Waals surface area contributed by atoms with Crippen LogP contribution in [-0.2, 0) is 5.54 Å². The molecule has 2 aromatic rings. The van der Waals surface area contributed by atoms with Crippen LogP contribution in [0.25, 0.3) is 0 Å². The SMILES string of the molecule is CCCCC1=NC(CC=S)(c2ccccc2)C(c2ccccc2)=[N+]1. The van der Waals surface area contributed by atoms with Crippen LogP contribution in [0.5, 0.6) is 0 Å². The average molecular weight is 334 g/mol. The van der Waals surface area contributed by atoms with E-state index in [9.17, 15) is 0 Å². The van der Waals surface area contributed by atoms with Gasteiger partial charge in [0.25, 0.3) is 0 Å². The molecule has 0 fully saturated rings. The second kappa shape index (κ2) is 7.63. The molecular weight excluding hydrogens is 312 g/mol. The number of hydrogen-bond donors (Lipinski definition) is 0. The Labute approximate surface area is 149 Å². The monoisotopic (exact) mass is 334 g/mol. The zero-order chi connectivity index (χ0) is 16.8. The molecule has 0 saturated heterocycles. The van der Waals surface area contributed by atoms with Crippen molar-refractivity contribution in [1.82, 2.24) is 4.99 Å². The van der Waals surface area contributed by atoms with Gasteiger partial charge < -0.3 is 0 Å². The van der Waals surface area contributed by atoms with Gasteiger partial charge in [-0.15, -0.1) is 0 Å². The van der Waals surface area contributed by atoms with E-state index in [-0.39, 0.29) is 0 Å². The van der Waals surface area contributed by atoms with Crippen molar-refractivity contribution in [1.29, 1.82) is 0 Å². The van der Waals surface area contributed by atoms with Gasteiger partial charge in [0.1, 0.15) is 0 Å². The van der Waals surface area contributed by atoms with Crippen molar-refractivity contribution in [3.63, 3.8) is 0 Å². The summed E-state index contributed by atoms with van der Waals surface area (Å²) in [5, 5.41) is 1.79. The molecule has 2 nitrogen and oxygen atoms in total. The number of amidine groups is 1. The Morgan fingerprint density at radius 1 is 1.04 bits per heavy atom. The van der Waals surface area contributed by atoms with Crippen LogP contribution in [-0.4, -0.2) is 16.9 Å². The molecule has 3 rings (SSSR count). The first-order valence-electron chi connectivity index (χ1n) is 8.52. The van der Waals surface area contributed by atoms with Crippen LogP contribution in [0.1, 0.15) is 43.7 Å². The number of hydrogen-bond acceptors (Lipinski definition) is 3. The Morgan fingerprint density at radius 2 is 1.71 bits per heavy atom. The molecule has 0 amide bonds. The highest BCUT2D eigenvalue weighted by Crippen LogP contribution is 2.36. The van der Waals surface area contributed by atoms with Crippen LogP contribution < -0.4 is 4.99 Å². The molecule has 1 atom stereocenters. The summed E-state index contributed by atoms with van der Waals surface area (Å²) in [6.45, 7) is 2.19. The van der Waals surface area contributed by atoms with Crippen LogP contribution in [0.4, 0.5) is 0 Å². The van der Waals surface area contributed by atoms with Crippen LogP contribution in [0.3, 0.4) is 0 Å². The number of nitrogens with zero attached hydrogens (tertiary/aromatic N) is 2. The van der Waals surface area contributed by atoms with E-state index in [1.165, 1.54) is 0 Å². The third kappa shape index (κ3) is 3.22. The largest absolute Gasteiger partial charge is 0.335 e. The molecule has 1 radical (unpaired) electrons. The standard InChI is InChI=1S/C21H22N2S/c1-2-3-14-19-22-20(17-10-6-4-7-11-17)21(23-19,15-16-24)18-12-8-5-9-13-18/h4-13,16H,2-3,14-15H2,1H3/q+1. The van der Waals surface area contributed by atoms with E-state index in [0.29, 0.717) is 6.42 Å². The van der Waals surface area contributed by atoms with Crippen LogP contribution >= 0.6 is 12.2 Å². The number of thiocarbonyl (C=S) groups is 1. The lowest BCUT2D eigenvalue weighted by atomic mass is 9.81. The van der Waals surface area contributed by atoms with Gasteiger partial charge in [0.2, 0.25) is 11.3 Å². The molecule has 121 valence electrons. The van der Waals surface area contributed by atoms with Crippen molar-refractivity contribution >= 4 is 29.1 Å². The van der Waals surface area contributed by atoms with E-state index in [0.717, 1.165) is 41.9 Å². The molecule has 0 aromatic heterocycles. The van der Waals surface area contributed by atoms with Crippen molar-refractivity contribution in [3.05, 3.63) is 71.8 Å². The highest BCUT2D eigenvalue weighted by atomic mass is 32.1. The first-order valence-corrected chi connectivity index (χ1v) is 9.00. The van der Waals surface area contributed by atoms with E-state index in [1.807, 2.05) is 12.1 Å². The van der Waals surface area contributed by atoms with Gasteiger partial charge in [0.05, 0.1) is 6.42 Å². The molecule has 1 heterocycles. The summed E-state index contributed by atoms with van der Waals surface area (Å²) >= 11 is 5.24. The van der Waals surface area contributed by atoms with Gasteiger partial charge in [-0.1, -0.05) is 91.2 Å². The quantitative estimate of drug-likeness (QED) is 0.674. The normalized spacial score (nSPS) is 19.7. The predicted molar refractivity (Wildman–Crippen MR) is 106 cm³/mol. The average Bonchev–Trinajstić information content (AvgIpc) is 3.01. The van der Waals surface area contributed by atoms with Gasteiger partial charge >= 0.3 is 5.84 Å². The minimum atomic E-state index is -0.493. The van der Waals surface area contributed by atoms with Crippen LogP contribution in [0.15, 0.2) is 65.7 Å². The van der Waals surface area contributed by atoms with Crippen molar-refractivity contribution in [2.24, 2.45) is 4.99 Å². The molecule has 0 bridgehead atoms. The third-order valence-electron chi connectivity index (χ3n) is 4.38. The summed E-state index contributed by atoms with van der Waals surface area (Å²) in [6, 6.07) is 20.8. The lowest BCUT2D eigenvalue weighted by Gasteiger charge is -2.19. The molecule has 3 heteroatoms. The van der Waals surface area contributed by atoms with Gasteiger partial charge in [-0.2, -0.15) is 0 Å². The summed E-state index contributed by atoms with van der Waals surface area (Å²) in [4.78, 5) is 10.0. The zero-order valence-electron chi connectivity index (χ0n) is 14.0. The van der Waals surface area contributed by atoms with Gasteiger partial charge in [0, 0.05) is 17.5 Å². The predicted octanol–water partition coefficient (Wildman–Crippen LogP) is 4.70. The lowest BCUT2D eigenvalue weighted by Crippen LogP contribution is -2.34. The van der Waals surface area contributed by atoms with Crippen LogP contribution in [0.2, 0.25) is 0 Å². The second-order valence-electron chi connectivity index (χ2n) is 6.06. The van der Waals surface area contributed by atoms with Crippen molar-refractivity contribution in [2.45, 2.75) is 38.1 Å². The van der Waals surface area contributed by atoms with Gasteiger partial charge in [0.15, 0.2) is 0 Å². The highest BCUT2D eigenvalue weighted by molar-refractivity contribution is 7.78. The Bertz CT molecular complexity index is 750. The van der Waals surface area contributed by atoms with Crippen molar-refractivity contribution in [3.8, 4) is 0 Å². The Morgan fingerprint density at radius 3 is 2.33 bits per heavy atom. The first kappa shape index (κ1) is 16.7. The molecule has 1 aliphatic heterocycles. The Balaban J connectivity index is 2.13. The number of benzene rings is 2. The third-order valence-corrected chi connectivity index (χ3v) is 4.55. The number of aliphatic imine (C=N–C) groups is 2. The summed E-state index contributed by atoms with van der Waals surface area (Å²) in [7, 11) is 0. The molecule has 1 unspecified atom stereocenters. The molecular formula is C21H22N2S+. The molecule has 1 aliphatic rings. The fourth-order valence-corrected chi connectivity index (χ4v) is 3.40. The van der Waals surface area contributed by atoms with Gasteiger partial charge in [-0.25, -0.2) is 0 Å². The number of unbranched alkanes of at least 4 members (excludes halogenated alkanes) is 1. The topological polar surface area (TPSA) is 26.5 Å². The summed E-state index contributed by atoms with van der Waals surface area (Å²) < 4.78 is 0. The molecule has 0 saturated carbocycles. The summed E-state index contributed by atoms with van der Waals surface area (Å²) in [5.41, 5.74) is 2.79. The molecule has 2 aromatic carbocycles. The first-order chi connectivity index (χ1) is 11.8. The van der Waals surface area contributed by atoms with E-state index >= 15 is 0 Å². The molecule has 0 aliphatic carbocycles. The van der Waals surface area contributed by atoms with E-state index in [4.69, 9.17) is 22.2 Å². The van der Waals surface area contributed by atoms with E-state index in [2.05, 4.69) is 55.5 Å². The minimum Gasteiger partial charge on any atom is -0.0933 e. The Kier molecular flexibility index (Phi) is 5.31. The fourth-order valence-electron chi connectivity index (χ4n) is 3.16. The fraction of sp³-hybridized carbons (Fsp3) is 0.286. The smallest absolute Gasteiger partial charge is 0.0933 e. The van der Waals surface area contributed by atoms with Crippen molar-refractivity contribution in [2.75, 3.05) is 0 Å². The van der Waals surface area contributed by atoms with E-state index < -0.39 is 5.54 Å². The maximum Gasteiger partial charge on any atom is 0.335 e. The minimum absolute atomic E-state index is 0.493. The molecule has 0 N–H and O–H groups in total. The summed E-state index contributed by atoms with van der Waals surface area (Å²) in [6.07, 6.45) is 3.84. The van der Waals surface area contributed by atoms with Gasteiger partial charge in [-0.05, 0) is 16.8 Å². The van der Waals surface area contributed by atoms with Crippen LogP contribution in [0, 0.1) is 0 Å².